The van der Waals surface area contributed by atoms with Crippen LogP contribution in [0.3, 0.4) is 0 Å². The molecule has 0 aliphatic carbocycles. The Labute approximate surface area is 95.3 Å². The second-order valence-electron chi connectivity index (χ2n) is 2.83. The van der Waals surface area contributed by atoms with Gasteiger partial charge in [-0.1, -0.05) is 29.8 Å². The molecule has 0 amide bonds. The Morgan fingerprint density at radius 2 is 2.21 bits per heavy atom. The van der Waals surface area contributed by atoms with Gasteiger partial charge in [-0.15, -0.1) is 22.9 Å². The summed E-state index contributed by atoms with van der Waals surface area (Å²) in [5.74, 6) is 0.437. The Hall–Kier alpha value is -0.570. The number of hydrogen-bond acceptors (Lipinski definition) is 2. The van der Waals surface area contributed by atoms with Gasteiger partial charge in [0.05, 0.1) is 5.56 Å². The molecule has 0 saturated carbocycles. The van der Waals surface area contributed by atoms with Crippen LogP contribution < -0.4 is 0 Å². The molecule has 1 nitrogen and oxygen atoms in total. The first kappa shape index (κ1) is 9.97. The van der Waals surface area contributed by atoms with Gasteiger partial charge in [0.2, 0.25) is 0 Å². The molecular weight excluding hydrogens is 239 g/mol. The van der Waals surface area contributed by atoms with Crippen LogP contribution >= 0.6 is 34.5 Å². The number of fused-ring (bicyclic) bond motifs is 1. The lowest BCUT2D eigenvalue weighted by atomic mass is 10.1. The Morgan fingerprint density at radius 1 is 1.43 bits per heavy atom. The van der Waals surface area contributed by atoms with Gasteiger partial charge in [-0.05, 0) is 5.56 Å². The summed E-state index contributed by atoms with van der Waals surface area (Å²) in [7, 11) is 0. The van der Waals surface area contributed by atoms with Crippen molar-refractivity contribution in [2.24, 2.45) is 0 Å². The molecule has 1 heterocycles. The van der Waals surface area contributed by atoms with E-state index < -0.39 is 0 Å². The molecule has 0 N–H and O–H groups in total. The van der Waals surface area contributed by atoms with E-state index in [1.807, 2.05) is 18.2 Å². The summed E-state index contributed by atoms with van der Waals surface area (Å²) in [5.41, 5.74) is 1.59. The van der Waals surface area contributed by atoms with E-state index in [1.54, 1.807) is 0 Å². The van der Waals surface area contributed by atoms with E-state index in [9.17, 15) is 4.79 Å². The molecular formula is C10H6Cl2OS. The Balaban J connectivity index is 2.85. The molecule has 0 radical (unpaired) electrons. The van der Waals surface area contributed by atoms with E-state index in [2.05, 4.69) is 0 Å². The predicted octanol–water partition coefficient (Wildman–Crippen LogP) is 4.11. The number of rotatable bonds is 2. The zero-order chi connectivity index (χ0) is 10.1. The number of hydrogen-bond donors (Lipinski definition) is 0. The summed E-state index contributed by atoms with van der Waals surface area (Å²) in [6.45, 7) is 0. The molecule has 2 rings (SSSR count). The molecule has 0 atom stereocenters. The number of carbonyl (C=O) groups is 1. The lowest BCUT2D eigenvalue weighted by Crippen LogP contribution is -1.79. The smallest absolute Gasteiger partial charge is 0.153 e. The van der Waals surface area contributed by atoms with Crippen LogP contribution in [0.15, 0.2) is 18.2 Å². The molecule has 0 fully saturated rings. The SMILES string of the molecule is O=Cc1c(Cl)sc2c(CCl)cccc12. The first-order chi connectivity index (χ1) is 6.77. The van der Waals surface area contributed by atoms with Crippen LogP contribution in [0.25, 0.3) is 10.1 Å². The van der Waals surface area contributed by atoms with Gasteiger partial charge in [0, 0.05) is 16.0 Å². The summed E-state index contributed by atoms with van der Waals surface area (Å²) in [6.07, 6.45) is 0.791. The van der Waals surface area contributed by atoms with Crippen LogP contribution in [0.4, 0.5) is 0 Å². The van der Waals surface area contributed by atoms with Crippen molar-refractivity contribution in [1.29, 1.82) is 0 Å². The fraction of sp³-hybridized carbons (Fsp3) is 0.100. The molecule has 0 aliphatic heterocycles. The van der Waals surface area contributed by atoms with E-state index >= 15 is 0 Å². The predicted molar refractivity (Wildman–Crippen MR) is 61.8 cm³/mol. The van der Waals surface area contributed by atoms with Gasteiger partial charge in [0.1, 0.15) is 4.34 Å². The van der Waals surface area contributed by atoms with E-state index in [0.717, 1.165) is 21.9 Å². The molecule has 0 bridgehead atoms. The van der Waals surface area contributed by atoms with E-state index in [4.69, 9.17) is 23.2 Å². The summed E-state index contributed by atoms with van der Waals surface area (Å²) < 4.78 is 1.54. The molecule has 0 spiro atoms. The summed E-state index contributed by atoms with van der Waals surface area (Å²) in [4.78, 5) is 10.8. The number of benzene rings is 1. The standard InChI is InChI=1S/C10H6Cl2OS/c11-4-6-2-1-3-7-8(5-13)10(12)14-9(6)7/h1-3,5H,4H2. The van der Waals surface area contributed by atoms with Crippen LogP contribution in [-0.2, 0) is 5.88 Å². The average Bonchev–Trinajstić information content (AvgIpc) is 2.52. The molecule has 1 aromatic carbocycles. The van der Waals surface area contributed by atoms with Crippen molar-refractivity contribution in [2.75, 3.05) is 0 Å². The monoisotopic (exact) mass is 244 g/mol. The lowest BCUT2D eigenvalue weighted by molar-refractivity contribution is 0.112. The van der Waals surface area contributed by atoms with Crippen molar-refractivity contribution in [3.63, 3.8) is 0 Å². The molecule has 0 saturated heterocycles. The Morgan fingerprint density at radius 3 is 2.86 bits per heavy atom. The molecule has 4 heteroatoms. The second kappa shape index (κ2) is 3.89. The van der Waals surface area contributed by atoms with E-state index in [0.29, 0.717) is 15.8 Å². The summed E-state index contributed by atoms with van der Waals surface area (Å²) in [5, 5.41) is 0.896. The largest absolute Gasteiger partial charge is 0.298 e. The van der Waals surface area contributed by atoms with Crippen molar-refractivity contribution in [2.45, 2.75) is 5.88 Å². The zero-order valence-corrected chi connectivity index (χ0v) is 9.42. The normalized spacial score (nSPS) is 10.7. The number of alkyl halides is 1. The maximum atomic E-state index is 10.8. The topological polar surface area (TPSA) is 17.1 Å². The average molecular weight is 245 g/mol. The molecule has 14 heavy (non-hydrogen) atoms. The fourth-order valence-electron chi connectivity index (χ4n) is 1.38. The summed E-state index contributed by atoms with van der Waals surface area (Å²) >= 11 is 13.1. The number of halogens is 2. The van der Waals surface area contributed by atoms with Gasteiger partial charge in [0.15, 0.2) is 6.29 Å². The molecule has 0 aliphatic rings. The highest BCUT2D eigenvalue weighted by atomic mass is 35.5. The van der Waals surface area contributed by atoms with Crippen LogP contribution in [0.2, 0.25) is 4.34 Å². The maximum absolute atomic E-state index is 10.8. The number of thiophene rings is 1. The third-order valence-corrected chi connectivity index (χ3v) is 3.86. The van der Waals surface area contributed by atoms with E-state index in [1.165, 1.54) is 11.3 Å². The molecule has 0 unspecified atom stereocenters. The van der Waals surface area contributed by atoms with Crippen molar-refractivity contribution < 1.29 is 4.79 Å². The minimum absolute atomic E-state index is 0.437. The molecule has 72 valence electrons. The van der Waals surface area contributed by atoms with E-state index in [-0.39, 0.29) is 0 Å². The van der Waals surface area contributed by atoms with Crippen LogP contribution in [0.5, 0.6) is 0 Å². The van der Waals surface area contributed by atoms with Crippen molar-refractivity contribution in [1.82, 2.24) is 0 Å². The Bertz CT molecular complexity index is 490. The van der Waals surface area contributed by atoms with Crippen molar-refractivity contribution >= 4 is 50.9 Å². The van der Waals surface area contributed by atoms with Gasteiger partial charge in [-0.2, -0.15) is 0 Å². The van der Waals surface area contributed by atoms with Gasteiger partial charge in [-0.3, -0.25) is 4.79 Å². The van der Waals surface area contributed by atoms with Gasteiger partial charge in [0.25, 0.3) is 0 Å². The van der Waals surface area contributed by atoms with Crippen molar-refractivity contribution in [3.8, 4) is 0 Å². The first-order valence-electron chi connectivity index (χ1n) is 3.99. The molecule has 1 aromatic heterocycles. The van der Waals surface area contributed by atoms with Gasteiger partial charge in [-0.25, -0.2) is 0 Å². The van der Waals surface area contributed by atoms with Crippen LogP contribution in [-0.4, -0.2) is 6.29 Å². The quantitative estimate of drug-likeness (QED) is 0.574. The highest BCUT2D eigenvalue weighted by molar-refractivity contribution is 7.23. The highest BCUT2D eigenvalue weighted by Gasteiger charge is 2.11. The van der Waals surface area contributed by atoms with Gasteiger partial charge < -0.3 is 0 Å². The third kappa shape index (κ3) is 1.44. The summed E-state index contributed by atoms with van der Waals surface area (Å²) in [6, 6.07) is 5.71. The van der Waals surface area contributed by atoms with Crippen LogP contribution in [0.1, 0.15) is 15.9 Å². The third-order valence-electron chi connectivity index (χ3n) is 2.05. The van der Waals surface area contributed by atoms with Crippen molar-refractivity contribution in [3.05, 3.63) is 33.7 Å². The fourth-order valence-corrected chi connectivity index (χ4v) is 3.07. The minimum Gasteiger partial charge on any atom is -0.298 e. The minimum atomic E-state index is 0.437. The number of aldehydes is 1. The number of carbonyl (C=O) groups excluding carboxylic acids is 1. The Kier molecular flexibility index (Phi) is 2.77. The highest BCUT2D eigenvalue weighted by Crippen LogP contribution is 2.36. The first-order valence-corrected chi connectivity index (χ1v) is 5.72. The maximum Gasteiger partial charge on any atom is 0.153 e. The van der Waals surface area contributed by atoms with Gasteiger partial charge >= 0.3 is 0 Å². The van der Waals surface area contributed by atoms with Crippen LogP contribution in [0, 0.1) is 0 Å². The lowest BCUT2D eigenvalue weighted by Gasteiger charge is -1.96. The zero-order valence-electron chi connectivity index (χ0n) is 7.09. The second-order valence-corrected chi connectivity index (χ2v) is 4.72. The molecule has 2 aromatic rings.